The van der Waals surface area contributed by atoms with E-state index in [4.69, 9.17) is 9.47 Å². The molecule has 1 amide bonds. The smallest absolute Gasteiger partial charge is 0.295 e. The predicted octanol–water partition coefficient (Wildman–Crippen LogP) is 2.41. The van der Waals surface area contributed by atoms with E-state index < -0.39 is 17.7 Å². The molecule has 0 unspecified atom stereocenters. The fourth-order valence-electron chi connectivity index (χ4n) is 4.93. The van der Waals surface area contributed by atoms with E-state index in [0.717, 1.165) is 13.1 Å². The van der Waals surface area contributed by atoms with Crippen LogP contribution in [0.2, 0.25) is 0 Å². The molecule has 2 saturated heterocycles. The first-order chi connectivity index (χ1) is 17.0. The summed E-state index contributed by atoms with van der Waals surface area (Å²) in [5.41, 5.74) is 2.28. The van der Waals surface area contributed by atoms with Crippen molar-refractivity contribution >= 4 is 23.1 Å². The summed E-state index contributed by atoms with van der Waals surface area (Å²) < 4.78 is 12.7. The maximum Gasteiger partial charge on any atom is 0.295 e. The Morgan fingerprint density at radius 3 is 2.63 bits per heavy atom. The largest absolute Gasteiger partial charge is 0.505 e. The Labute approximate surface area is 203 Å². The Morgan fingerprint density at radius 2 is 1.86 bits per heavy atom. The van der Waals surface area contributed by atoms with Crippen molar-refractivity contribution in [3.63, 3.8) is 0 Å². The van der Waals surface area contributed by atoms with Gasteiger partial charge in [0.05, 0.1) is 37.6 Å². The van der Waals surface area contributed by atoms with Crippen molar-refractivity contribution < 1.29 is 24.2 Å². The van der Waals surface area contributed by atoms with Gasteiger partial charge in [0.2, 0.25) is 0 Å². The van der Waals surface area contributed by atoms with Crippen molar-refractivity contribution in [3.05, 3.63) is 71.2 Å². The third-order valence-corrected chi connectivity index (χ3v) is 6.66. The van der Waals surface area contributed by atoms with E-state index in [1.165, 1.54) is 0 Å². The highest BCUT2D eigenvalue weighted by Gasteiger charge is 2.47. The molecule has 5 rings (SSSR count). The van der Waals surface area contributed by atoms with Crippen molar-refractivity contribution in [2.24, 2.45) is 0 Å². The number of fused-ring (bicyclic) bond motifs is 1. The van der Waals surface area contributed by atoms with Crippen molar-refractivity contribution in [2.45, 2.75) is 13.0 Å². The second-order valence-corrected chi connectivity index (χ2v) is 8.66. The number of hydrogen-bond acceptors (Lipinski definition) is 7. The molecular weight excluding hydrogens is 448 g/mol. The molecule has 1 N–H and O–H groups in total. The number of rotatable bonds is 6. The molecule has 0 radical (unpaired) electrons. The first-order valence-electron chi connectivity index (χ1n) is 11.7. The minimum Gasteiger partial charge on any atom is -0.505 e. The van der Waals surface area contributed by atoms with Gasteiger partial charge in [0.1, 0.15) is 17.1 Å². The van der Waals surface area contributed by atoms with Crippen LogP contribution in [0.4, 0.5) is 0 Å². The van der Waals surface area contributed by atoms with Gasteiger partial charge in [0.15, 0.2) is 5.76 Å². The first-order valence-corrected chi connectivity index (χ1v) is 11.7. The van der Waals surface area contributed by atoms with E-state index in [1.807, 2.05) is 36.4 Å². The Bertz CT molecular complexity index is 1310. The minimum absolute atomic E-state index is 0.0373. The fourth-order valence-corrected chi connectivity index (χ4v) is 4.93. The number of ketones is 1. The zero-order chi connectivity index (χ0) is 24.5. The highest BCUT2D eigenvalue weighted by molar-refractivity contribution is 6.46. The zero-order valence-electron chi connectivity index (χ0n) is 19.8. The zero-order valence-corrected chi connectivity index (χ0v) is 19.8. The lowest BCUT2D eigenvalue weighted by atomic mass is 9.95. The number of pyridine rings is 1. The summed E-state index contributed by atoms with van der Waals surface area (Å²) >= 11 is 0. The van der Waals surface area contributed by atoms with Gasteiger partial charge in [0, 0.05) is 37.9 Å². The van der Waals surface area contributed by atoms with E-state index in [-0.39, 0.29) is 11.3 Å². The number of morpholine rings is 1. The van der Waals surface area contributed by atoms with Crippen LogP contribution in [0.25, 0.3) is 11.4 Å². The van der Waals surface area contributed by atoms with E-state index in [0.29, 0.717) is 54.7 Å². The lowest BCUT2D eigenvalue weighted by Gasteiger charge is -2.31. The molecule has 2 aliphatic rings. The van der Waals surface area contributed by atoms with E-state index in [9.17, 15) is 14.7 Å². The molecule has 1 atom stereocenters. The monoisotopic (exact) mass is 476 g/mol. The number of benzene rings is 1. The maximum atomic E-state index is 13.4. The van der Waals surface area contributed by atoms with Crippen LogP contribution in [0, 0.1) is 6.92 Å². The Kier molecular flexibility index (Phi) is 6.27. The molecule has 2 fully saturated rings. The quantitative estimate of drug-likeness (QED) is 0.332. The number of aryl methyl sites for hydroxylation is 1. The second kappa shape index (κ2) is 9.52. The van der Waals surface area contributed by atoms with Crippen LogP contribution in [-0.2, 0) is 14.3 Å². The van der Waals surface area contributed by atoms with Crippen molar-refractivity contribution in [1.29, 1.82) is 0 Å². The van der Waals surface area contributed by atoms with E-state index in [1.54, 1.807) is 35.6 Å². The number of Topliss-reactive ketones (excluding diaryl/α,β-unsaturated/α-hetero) is 1. The topological polar surface area (TPSA) is 96.6 Å². The van der Waals surface area contributed by atoms with Crippen LogP contribution in [-0.4, -0.2) is 82.5 Å². The molecule has 2 aromatic heterocycles. The number of hydrogen-bond donors (Lipinski definition) is 1. The number of imidazole rings is 1. The molecule has 0 spiro atoms. The van der Waals surface area contributed by atoms with Crippen LogP contribution in [0.3, 0.4) is 0 Å². The van der Waals surface area contributed by atoms with Gasteiger partial charge in [-0.1, -0.05) is 24.3 Å². The number of para-hydroxylation sites is 1. The van der Waals surface area contributed by atoms with Crippen LogP contribution in [0.1, 0.15) is 23.0 Å². The van der Waals surface area contributed by atoms with Crippen molar-refractivity contribution in [2.75, 3.05) is 46.5 Å². The summed E-state index contributed by atoms with van der Waals surface area (Å²) in [6.45, 7) is 5.51. The predicted molar refractivity (Wildman–Crippen MR) is 129 cm³/mol. The third kappa shape index (κ3) is 4.06. The Morgan fingerprint density at radius 1 is 1.11 bits per heavy atom. The molecular formula is C26H28N4O5. The van der Waals surface area contributed by atoms with Crippen molar-refractivity contribution in [1.82, 2.24) is 19.2 Å². The maximum absolute atomic E-state index is 13.4. The lowest BCUT2D eigenvalue weighted by Crippen LogP contribution is -2.42. The summed E-state index contributed by atoms with van der Waals surface area (Å²) in [5, 5.41) is 11.6. The van der Waals surface area contributed by atoms with Gasteiger partial charge in [-0.25, -0.2) is 4.98 Å². The standard InChI is InChI=1S/C26H28N4O5/c1-17-22(29-10-6-5-9-20(29)27-17)24(31)21-23(18-7-3-4-8-19(18)34-2)30(26(33)25(21)32)12-11-28-13-15-35-16-14-28/h3-10,23,31H,11-16H2,1-2H3/t23-/m1/s1. The number of likely N-dealkylation sites (tertiary alicyclic amines) is 1. The van der Waals surface area contributed by atoms with Crippen molar-refractivity contribution in [3.8, 4) is 5.75 Å². The molecule has 0 bridgehead atoms. The summed E-state index contributed by atoms with van der Waals surface area (Å²) in [5.74, 6) is -1.06. The molecule has 2 aliphatic heterocycles. The first kappa shape index (κ1) is 23.1. The number of nitrogens with zero attached hydrogens (tertiary/aromatic N) is 4. The summed E-state index contributed by atoms with van der Waals surface area (Å²) in [4.78, 5) is 35.0. The van der Waals surface area contributed by atoms with Gasteiger partial charge in [-0.2, -0.15) is 0 Å². The summed E-state index contributed by atoms with van der Waals surface area (Å²) in [7, 11) is 1.55. The van der Waals surface area contributed by atoms with E-state index >= 15 is 0 Å². The van der Waals surface area contributed by atoms with Gasteiger partial charge in [-0.05, 0) is 25.1 Å². The van der Waals surface area contributed by atoms with E-state index in [2.05, 4.69) is 9.88 Å². The number of aliphatic hydroxyl groups is 1. The summed E-state index contributed by atoms with van der Waals surface area (Å²) in [6, 6.07) is 12.0. The molecule has 9 heteroatoms. The third-order valence-electron chi connectivity index (χ3n) is 6.66. The second-order valence-electron chi connectivity index (χ2n) is 8.66. The Hall–Kier alpha value is -3.69. The number of aromatic nitrogens is 2. The molecule has 4 heterocycles. The molecule has 3 aromatic rings. The van der Waals surface area contributed by atoms with Crippen LogP contribution >= 0.6 is 0 Å². The molecule has 0 aliphatic carbocycles. The van der Waals surface area contributed by atoms with Crippen LogP contribution < -0.4 is 4.74 Å². The molecule has 182 valence electrons. The molecule has 35 heavy (non-hydrogen) atoms. The molecule has 0 saturated carbocycles. The summed E-state index contributed by atoms with van der Waals surface area (Å²) in [6.07, 6.45) is 1.77. The van der Waals surface area contributed by atoms with Gasteiger partial charge in [-0.15, -0.1) is 0 Å². The average Bonchev–Trinajstić information content (AvgIpc) is 3.35. The number of ether oxygens (including phenoxy) is 2. The van der Waals surface area contributed by atoms with Gasteiger partial charge in [0.25, 0.3) is 11.7 Å². The van der Waals surface area contributed by atoms with Gasteiger partial charge in [-0.3, -0.25) is 18.9 Å². The molecule has 1 aromatic carbocycles. The average molecular weight is 477 g/mol. The molecule has 9 nitrogen and oxygen atoms in total. The number of aliphatic hydroxyl groups excluding tert-OH is 1. The van der Waals surface area contributed by atoms with Gasteiger partial charge < -0.3 is 19.5 Å². The normalized spacial score (nSPS) is 20.6. The highest BCUT2D eigenvalue weighted by Crippen LogP contribution is 2.42. The number of methoxy groups -OCH3 is 1. The number of carbonyl (C=O) groups is 2. The lowest BCUT2D eigenvalue weighted by molar-refractivity contribution is -0.140. The fraction of sp³-hybridized carbons (Fsp3) is 0.346. The number of carbonyl (C=O) groups excluding carboxylic acids is 2. The highest BCUT2D eigenvalue weighted by atomic mass is 16.5. The van der Waals surface area contributed by atoms with Crippen LogP contribution in [0.15, 0.2) is 54.2 Å². The minimum atomic E-state index is -0.791. The van der Waals surface area contributed by atoms with Crippen LogP contribution in [0.5, 0.6) is 5.75 Å². The number of amides is 1. The SMILES string of the molecule is COc1ccccc1[C@@H]1C(=C(O)c2c(C)nc3ccccn23)C(=O)C(=O)N1CCN1CCOCC1. The van der Waals surface area contributed by atoms with Gasteiger partial charge >= 0.3 is 0 Å². The Balaban J connectivity index is 1.64.